The van der Waals surface area contributed by atoms with Crippen molar-refractivity contribution in [1.82, 2.24) is 9.97 Å². The van der Waals surface area contributed by atoms with Crippen LogP contribution in [0.25, 0.3) is 10.2 Å². The quantitative estimate of drug-likeness (QED) is 0.408. The molecule has 1 fully saturated rings. The van der Waals surface area contributed by atoms with E-state index < -0.39 is 17.6 Å². The van der Waals surface area contributed by atoms with Crippen LogP contribution in [0.1, 0.15) is 34.5 Å². The van der Waals surface area contributed by atoms with E-state index in [2.05, 4.69) is 20.2 Å². The molecule has 1 aliphatic heterocycles. The number of halogens is 3. The number of alkyl halides is 3. The van der Waals surface area contributed by atoms with Crippen LogP contribution in [0.15, 0.2) is 35.5 Å². The molecule has 0 radical (unpaired) electrons. The minimum Gasteiger partial charge on any atom is -0.356 e. The molecule has 2 aromatic heterocycles. The Kier molecular flexibility index (Phi) is 5.88. The third-order valence-electron chi connectivity index (χ3n) is 4.86. The third kappa shape index (κ3) is 4.39. The SMILES string of the molecule is CSc1nc(N2CCCCC2)c2cc(C(=O)Nc3cccc(C(F)(F)F)c3)sc2n1. The highest BCUT2D eigenvalue weighted by Gasteiger charge is 2.30. The summed E-state index contributed by atoms with van der Waals surface area (Å²) in [7, 11) is 0. The Morgan fingerprint density at radius 2 is 1.93 bits per heavy atom. The van der Waals surface area contributed by atoms with E-state index in [-0.39, 0.29) is 5.69 Å². The van der Waals surface area contributed by atoms with Crippen LogP contribution < -0.4 is 10.2 Å². The van der Waals surface area contributed by atoms with Gasteiger partial charge in [0, 0.05) is 18.8 Å². The van der Waals surface area contributed by atoms with Gasteiger partial charge in [-0.15, -0.1) is 11.3 Å². The zero-order chi connectivity index (χ0) is 21.3. The van der Waals surface area contributed by atoms with Gasteiger partial charge in [0.05, 0.1) is 15.8 Å². The van der Waals surface area contributed by atoms with Crippen LogP contribution in [0.4, 0.5) is 24.7 Å². The van der Waals surface area contributed by atoms with Crippen molar-refractivity contribution in [3.8, 4) is 0 Å². The van der Waals surface area contributed by atoms with Crippen molar-refractivity contribution in [2.24, 2.45) is 0 Å². The maximum atomic E-state index is 12.9. The summed E-state index contributed by atoms with van der Waals surface area (Å²) >= 11 is 2.65. The largest absolute Gasteiger partial charge is 0.416 e. The zero-order valence-electron chi connectivity index (χ0n) is 16.1. The van der Waals surface area contributed by atoms with Crippen LogP contribution in [0.3, 0.4) is 0 Å². The smallest absolute Gasteiger partial charge is 0.356 e. The van der Waals surface area contributed by atoms with Crippen LogP contribution in [0.5, 0.6) is 0 Å². The Hall–Kier alpha value is -2.33. The molecular formula is C20H19F3N4OS2. The lowest BCUT2D eigenvalue weighted by Crippen LogP contribution is -2.30. The lowest BCUT2D eigenvalue weighted by Gasteiger charge is -2.28. The highest BCUT2D eigenvalue weighted by atomic mass is 32.2. The van der Waals surface area contributed by atoms with E-state index in [0.29, 0.717) is 14.9 Å². The molecule has 0 bridgehead atoms. The molecule has 1 amide bonds. The van der Waals surface area contributed by atoms with E-state index in [1.54, 1.807) is 6.07 Å². The van der Waals surface area contributed by atoms with Gasteiger partial charge in [-0.25, -0.2) is 9.97 Å². The number of nitrogens with zero attached hydrogens (tertiary/aromatic N) is 3. The molecule has 1 N–H and O–H groups in total. The Morgan fingerprint density at radius 1 is 1.17 bits per heavy atom. The molecule has 0 saturated carbocycles. The standard InChI is InChI=1S/C20H19F3N4OS2/c1-29-19-25-16(27-8-3-2-4-9-27)14-11-15(30-18(14)26-19)17(28)24-13-7-5-6-12(10-13)20(21,22)23/h5-7,10-11H,2-4,8-9H2,1H3,(H,24,28). The molecule has 0 spiro atoms. The van der Waals surface area contributed by atoms with Crippen LogP contribution in [-0.2, 0) is 6.18 Å². The molecule has 0 unspecified atom stereocenters. The summed E-state index contributed by atoms with van der Waals surface area (Å²) in [5.74, 6) is 0.353. The number of thioether (sulfide) groups is 1. The van der Waals surface area contributed by atoms with Crippen molar-refractivity contribution < 1.29 is 18.0 Å². The molecule has 1 aromatic carbocycles. The van der Waals surface area contributed by atoms with Crippen LogP contribution in [-0.4, -0.2) is 35.2 Å². The van der Waals surface area contributed by atoms with Crippen molar-refractivity contribution in [3.63, 3.8) is 0 Å². The average molecular weight is 453 g/mol. The molecule has 0 atom stereocenters. The first-order chi connectivity index (χ1) is 14.3. The number of carbonyl (C=O) groups excluding carboxylic acids is 1. The van der Waals surface area contributed by atoms with Gasteiger partial charge in [-0.1, -0.05) is 17.8 Å². The molecule has 3 aromatic rings. The number of nitrogens with one attached hydrogen (secondary N) is 1. The highest BCUT2D eigenvalue weighted by molar-refractivity contribution is 7.98. The number of fused-ring (bicyclic) bond motifs is 1. The van der Waals surface area contributed by atoms with E-state index in [0.717, 1.165) is 49.3 Å². The first-order valence-corrected chi connectivity index (χ1v) is 11.5. The molecular weight excluding hydrogens is 433 g/mol. The maximum absolute atomic E-state index is 12.9. The van der Waals surface area contributed by atoms with Gasteiger partial charge in [0.2, 0.25) is 0 Å². The number of piperidine rings is 1. The molecule has 10 heteroatoms. The summed E-state index contributed by atoms with van der Waals surface area (Å²) in [5, 5.41) is 4.00. The monoisotopic (exact) mass is 452 g/mol. The second kappa shape index (κ2) is 8.43. The molecule has 3 heterocycles. The average Bonchev–Trinajstić information content (AvgIpc) is 3.17. The van der Waals surface area contributed by atoms with Crippen molar-refractivity contribution >= 4 is 50.7 Å². The fourth-order valence-electron chi connectivity index (χ4n) is 3.40. The van der Waals surface area contributed by atoms with Gasteiger partial charge >= 0.3 is 6.18 Å². The number of carbonyl (C=O) groups is 1. The number of rotatable bonds is 4. The minimum atomic E-state index is -4.47. The van der Waals surface area contributed by atoms with Crippen molar-refractivity contribution in [2.75, 3.05) is 29.6 Å². The van der Waals surface area contributed by atoms with Crippen LogP contribution >= 0.6 is 23.1 Å². The van der Waals surface area contributed by atoms with E-state index >= 15 is 0 Å². The minimum absolute atomic E-state index is 0.0967. The molecule has 1 saturated heterocycles. The predicted molar refractivity (Wildman–Crippen MR) is 115 cm³/mol. The first-order valence-electron chi connectivity index (χ1n) is 9.44. The van der Waals surface area contributed by atoms with Crippen molar-refractivity contribution in [1.29, 1.82) is 0 Å². The molecule has 30 heavy (non-hydrogen) atoms. The molecule has 158 valence electrons. The number of aromatic nitrogens is 2. The molecule has 4 rings (SSSR count). The Bertz CT molecular complexity index is 1080. The summed E-state index contributed by atoms with van der Waals surface area (Å²) in [4.78, 5) is 25.2. The second-order valence-corrected chi connectivity index (χ2v) is 8.75. The van der Waals surface area contributed by atoms with Gasteiger partial charge in [-0.05, 0) is 49.8 Å². The van der Waals surface area contributed by atoms with Crippen LogP contribution in [0, 0.1) is 0 Å². The van der Waals surface area contributed by atoms with Crippen molar-refractivity contribution in [2.45, 2.75) is 30.6 Å². The molecule has 0 aliphatic carbocycles. The van der Waals surface area contributed by atoms with Gasteiger partial charge < -0.3 is 10.2 Å². The Morgan fingerprint density at radius 3 is 2.63 bits per heavy atom. The highest BCUT2D eigenvalue weighted by Crippen LogP contribution is 2.35. The third-order valence-corrected chi connectivity index (χ3v) is 6.44. The van der Waals surface area contributed by atoms with Gasteiger partial charge in [0.1, 0.15) is 10.6 Å². The number of benzene rings is 1. The van der Waals surface area contributed by atoms with Crippen LogP contribution in [0.2, 0.25) is 0 Å². The summed E-state index contributed by atoms with van der Waals surface area (Å²) in [6, 6.07) is 6.34. The molecule has 5 nitrogen and oxygen atoms in total. The number of thiophene rings is 1. The zero-order valence-corrected chi connectivity index (χ0v) is 17.8. The molecule has 1 aliphatic rings. The van der Waals surface area contributed by atoms with E-state index in [9.17, 15) is 18.0 Å². The summed E-state index contributed by atoms with van der Waals surface area (Å²) in [5.41, 5.74) is -0.709. The lowest BCUT2D eigenvalue weighted by molar-refractivity contribution is -0.137. The predicted octanol–water partition coefficient (Wildman–Crippen LogP) is 5.67. The summed E-state index contributed by atoms with van der Waals surface area (Å²) in [6.07, 6.45) is 0.802. The normalized spacial score (nSPS) is 14.9. The maximum Gasteiger partial charge on any atom is 0.416 e. The van der Waals surface area contributed by atoms with Crippen molar-refractivity contribution in [3.05, 3.63) is 40.8 Å². The number of amides is 1. The van der Waals surface area contributed by atoms with Gasteiger partial charge in [0.25, 0.3) is 5.91 Å². The van der Waals surface area contributed by atoms with E-state index in [1.165, 1.54) is 41.7 Å². The Balaban J connectivity index is 1.65. The second-order valence-electron chi connectivity index (χ2n) is 6.94. The fourth-order valence-corrected chi connectivity index (χ4v) is 4.74. The van der Waals surface area contributed by atoms with Gasteiger partial charge in [0.15, 0.2) is 5.16 Å². The number of hydrogen-bond acceptors (Lipinski definition) is 6. The number of anilines is 2. The topological polar surface area (TPSA) is 58.1 Å². The summed E-state index contributed by atoms with van der Waals surface area (Å²) < 4.78 is 38.8. The van der Waals surface area contributed by atoms with Gasteiger partial charge in [-0.2, -0.15) is 13.2 Å². The first kappa shape index (κ1) is 20.9. The lowest BCUT2D eigenvalue weighted by atomic mass is 10.1. The number of hydrogen-bond donors (Lipinski definition) is 1. The van der Waals surface area contributed by atoms with E-state index in [1.807, 2.05) is 6.26 Å². The van der Waals surface area contributed by atoms with Gasteiger partial charge in [-0.3, -0.25) is 4.79 Å². The van der Waals surface area contributed by atoms with E-state index in [4.69, 9.17) is 0 Å². The summed E-state index contributed by atoms with van der Waals surface area (Å²) in [6.45, 7) is 1.81. The fraction of sp³-hybridized carbons (Fsp3) is 0.350. The Labute approximate surface area is 179 Å².